The van der Waals surface area contributed by atoms with Gasteiger partial charge in [-0.1, -0.05) is 0 Å². The molecule has 1 atom stereocenters. The molecular formula is C25H25F6N5O7S2. The Bertz CT molecular complexity index is 1800. The highest BCUT2D eigenvalue weighted by molar-refractivity contribution is 7.92. The molecule has 0 saturated carbocycles. The summed E-state index contributed by atoms with van der Waals surface area (Å²) >= 11 is 0. The van der Waals surface area contributed by atoms with Gasteiger partial charge in [-0.2, -0.15) is 27.1 Å². The van der Waals surface area contributed by atoms with Crippen LogP contribution in [-0.4, -0.2) is 63.7 Å². The van der Waals surface area contributed by atoms with E-state index >= 15 is 0 Å². The maximum Gasteiger partial charge on any atom is 0.427 e. The van der Waals surface area contributed by atoms with E-state index in [9.17, 15) is 48.0 Å². The maximum atomic E-state index is 13.7. The molecule has 1 aliphatic rings. The van der Waals surface area contributed by atoms with Gasteiger partial charge in [-0.05, 0) is 63.2 Å². The number of amides is 1. The van der Waals surface area contributed by atoms with Gasteiger partial charge in [0.05, 0.1) is 29.0 Å². The first-order valence-electron chi connectivity index (χ1n) is 12.7. The molecule has 0 radical (unpaired) electrons. The standard InChI is InChI=1S/C25H25F6N5O7S2/c1-14-21(12-32-36(14)22(27)28)44(38,39)33-11-17-13-35(45(40,41)18-7-4-15(26)5-8-18)19-10-16(6-9-20(19)42-17)34-23(37)43-24(2,3)25(29,30)31/h4-10,12,17,22,33H,11,13H2,1-3H3,(H,34,37)/t17-/m0/s1. The summed E-state index contributed by atoms with van der Waals surface area (Å²) in [5.74, 6) is -0.881. The average Bonchev–Trinajstić information content (AvgIpc) is 3.33. The van der Waals surface area contributed by atoms with Gasteiger partial charge in [0.25, 0.3) is 10.0 Å². The van der Waals surface area contributed by atoms with Crippen LogP contribution in [-0.2, 0) is 24.8 Å². The van der Waals surface area contributed by atoms with Gasteiger partial charge in [-0.3, -0.25) is 9.62 Å². The lowest BCUT2D eigenvalue weighted by Crippen LogP contribution is -2.48. The predicted molar refractivity (Wildman–Crippen MR) is 145 cm³/mol. The largest absolute Gasteiger partial charge is 0.485 e. The first-order valence-corrected chi connectivity index (χ1v) is 15.6. The molecule has 1 aromatic heterocycles. The lowest BCUT2D eigenvalue weighted by molar-refractivity contribution is -0.242. The molecule has 1 aliphatic heterocycles. The number of sulfonamides is 2. The SMILES string of the molecule is Cc1c(S(=O)(=O)NC[C@H]2CN(S(=O)(=O)c3ccc(F)cc3)c3cc(NC(=O)OC(C)(C)C(F)(F)F)ccc3O2)cnn1C(F)F. The Kier molecular flexibility index (Phi) is 9.06. The summed E-state index contributed by atoms with van der Waals surface area (Å²) in [7, 11) is -8.95. The van der Waals surface area contributed by atoms with E-state index in [4.69, 9.17) is 4.74 Å². The normalized spacial score (nSPS) is 15.9. The van der Waals surface area contributed by atoms with Crippen LogP contribution in [0.5, 0.6) is 5.75 Å². The lowest BCUT2D eigenvalue weighted by Gasteiger charge is -2.36. The Hall–Kier alpha value is -4.04. The van der Waals surface area contributed by atoms with Gasteiger partial charge in [0.15, 0.2) is 0 Å². The van der Waals surface area contributed by atoms with E-state index in [-0.39, 0.29) is 32.4 Å². The molecule has 2 aromatic carbocycles. The maximum absolute atomic E-state index is 13.7. The van der Waals surface area contributed by atoms with Gasteiger partial charge in [0.1, 0.15) is 22.6 Å². The van der Waals surface area contributed by atoms with Crippen molar-refractivity contribution in [2.24, 2.45) is 0 Å². The van der Waals surface area contributed by atoms with Crippen LogP contribution in [0, 0.1) is 12.7 Å². The summed E-state index contributed by atoms with van der Waals surface area (Å²) in [6, 6.07) is 7.12. The molecule has 1 amide bonds. The summed E-state index contributed by atoms with van der Waals surface area (Å²) in [6.45, 7) is -1.84. The number of halogens is 6. The number of nitrogens with zero attached hydrogens (tertiary/aromatic N) is 3. The fraction of sp³-hybridized carbons (Fsp3) is 0.360. The Morgan fingerprint density at radius 3 is 2.33 bits per heavy atom. The zero-order valence-corrected chi connectivity index (χ0v) is 25.1. The van der Waals surface area contributed by atoms with Crippen molar-refractivity contribution in [3.63, 3.8) is 0 Å². The number of aromatic nitrogens is 2. The van der Waals surface area contributed by atoms with Crippen LogP contribution in [0.3, 0.4) is 0 Å². The Morgan fingerprint density at radius 2 is 1.76 bits per heavy atom. The first-order chi connectivity index (χ1) is 20.7. The number of benzene rings is 2. The molecule has 3 aromatic rings. The number of hydrogen-bond donors (Lipinski definition) is 2. The number of rotatable bonds is 9. The molecule has 246 valence electrons. The summed E-state index contributed by atoms with van der Waals surface area (Å²) in [5.41, 5.74) is -3.61. The van der Waals surface area contributed by atoms with Crippen LogP contribution in [0.2, 0.25) is 0 Å². The van der Waals surface area contributed by atoms with E-state index in [2.05, 4.69) is 19.9 Å². The van der Waals surface area contributed by atoms with Gasteiger partial charge < -0.3 is 9.47 Å². The highest BCUT2D eigenvalue weighted by atomic mass is 32.2. The van der Waals surface area contributed by atoms with Crippen molar-refractivity contribution in [3.8, 4) is 5.75 Å². The number of ether oxygens (including phenoxy) is 2. The van der Waals surface area contributed by atoms with E-state index in [1.54, 1.807) is 0 Å². The first kappa shape index (κ1) is 33.8. The molecule has 0 saturated heterocycles. The molecule has 0 bridgehead atoms. The number of alkyl halides is 5. The molecule has 20 heteroatoms. The highest BCUT2D eigenvalue weighted by Gasteiger charge is 2.51. The van der Waals surface area contributed by atoms with Crippen molar-refractivity contribution in [2.75, 3.05) is 22.7 Å². The quantitative estimate of drug-likeness (QED) is 0.312. The molecule has 2 heterocycles. The molecule has 0 spiro atoms. The highest BCUT2D eigenvalue weighted by Crippen LogP contribution is 2.39. The molecule has 0 aliphatic carbocycles. The summed E-state index contributed by atoms with van der Waals surface area (Å²) in [6.07, 6.45) is -6.89. The Balaban J connectivity index is 1.64. The summed E-state index contributed by atoms with van der Waals surface area (Å²) in [5, 5.41) is 5.45. The third-order valence-electron chi connectivity index (χ3n) is 6.54. The van der Waals surface area contributed by atoms with Gasteiger partial charge >= 0.3 is 18.8 Å². The fourth-order valence-electron chi connectivity index (χ4n) is 4.04. The molecule has 0 unspecified atom stereocenters. The minimum Gasteiger partial charge on any atom is -0.485 e. The molecule has 45 heavy (non-hydrogen) atoms. The van der Waals surface area contributed by atoms with Crippen LogP contribution < -0.4 is 19.1 Å². The fourth-order valence-corrected chi connectivity index (χ4v) is 6.77. The second-order valence-corrected chi connectivity index (χ2v) is 13.7. The van der Waals surface area contributed by atoms with Crippen LogP contribution in [0.25, 0.3) is 0 Å². The van der Waals surface area contributed by atoms with E-state index in [1.165, 1.54) is 6.07 Å². The summed E-state index contributed by atoms with van der Waals surface area (Å²) < 4.78 is 146. The average molecular weight is 686 g/mol. The number of fused-ring (bicyclic) bond motifs is 1. The van der Waals surface area contributed by atoms with E-state index in [1.807, 2.05) is 0 Å². The van der Waals surface area contributed by atoms with Gasteiger partial charge in [-0.15, -0.1) is 0 Å². The number of nitrogens with one attached hydrogen (secondary N) is 2. The van der Waals surface area contributed by atoms with Crippen LogP contribution in [0.4, 0.5) is 42.5 Å². The smallest absolute Gasteiger partial charge is 0.427 e. The zero-order chi connectivity index (χ0) is 33.5. The minimum absolute atomic E-state index is 0.146. The van der Waals surface area contributed by atoms with Crippen molar-refractivity contribution < 1.29 is 57.4 Å². The van der Waals surface area contributed by atoms with Crippen molar-refractivity contribution in [3.05, 3.63) is 60.2 Å². The second-order valence-electron chi connectivity index (χ2n) is 10.1. The molecule has 2 N–H and O–H groups in total. The lowest BCUT2D eigenvalue weighted by atomic mass is 10.1. The Morgan fingerprint density at radius 1 is 1.11 bits per heavy atom. The van der Waals surface area contributed by atoms with Gasteiger partial charge in [0, 0.05) is 12.2 Å². The van der Waals surface area contributed by atoms with Crippen LogP contribution >= 0.6 is 0 Å². The number of hydrogen-bond acceptors (Lipinski definition) is 8. The van der Waals surface area contributed by atoms with E-state index in [0.29, 0.717) is 13.8 Å². The van der Waals surface area contributed by atoms with Crippen molar-refractivity contribution in [1.29, 1.82) is 0 Å². The van der Waals surface area contributed by atoms with Gasteiger partial charge in [0.2, 0.25) is 15.6 Å². The zero-order valence-electron chi connectivity index (χ0n) is 23.5. The molecule has 4 rings (SSSR count). The Labute approximate surface area is 253 Å². The predicted octanol–water partition coefficient (Wildman–Crippen LogP) is 4.55. The second kappa shape index (κ2) is 12.0. The minimum atomic E-state index is -4.90. The van der Waals surface area contributed by atoms with Gasteiger partial charge in [-0.25, -0.2) is 35.4 Å². The molecule has 12 nitrogen and oxygen atoms in total. The number of anilines is 2. The van der Waals surface area contributed by atoms with Crippen molar-refractivity contribution >= 4 is 37.5 Å². The monoisotopic (exact) mass is 685 g/mol. The molecule has 0 fully saturated rings. The van der Waals surface area contributed by atoms with Crippen molar-refractivity contribution in [1.82, 2.24) is 14.5 Å². The van der Waals surface area contributed by atoms with Crippen molar-refractivity contribution in [2.45, 2.75) is 55.0 Å². The third kappa shape index (κ3) is 7.12. The summed E-state index contributed by atoms with van der Waals surface area (Å²) in [4.78, 5) is 11.3. The van der Waals surface area contributed by atoms with Crippen LogP contribution in [0.15, 0.2) is 58.5 Å². The topological polar surface area (TPSA) is 149 Å². The molecular weight excluding hydrogens is 660 g/mol. The van der Waals surface area contributed by atoms with E-state index in [0.717, 1.165) is 53.8 Å². The number of carbonyl (C=O) groups is 1. The third-order valence-corrected chi connectivity index (χ3v) is 9.86. The van der Waals surface area contributed by atoms with Crippen LogP contribution in [0.1, 0.15) is 26.1 Å². The number of carbonyl (C=O) groups excluding carboxylic acids is 1. The van der Waals surface area contributed by atoms with E-state index < -0.39 is 74.4 Å².